The largest absolute Gasteiger partial charge is 0.321 e. The van der Waals surface area contributed by atoms with Crippen LogP contribution in [0, 0.1) is 6.92 Å². The molecule has 0 saturated carbocycles. The Labute approximate surface area is 167 Å². The molecule has 3 aromatic rings. The van der Waals surface area contributed by atoms with E-state index < -0.39 is 0 Å². The topological polar surface area (TPSA) is 29.1 Å². The number of benzene rings is 2. The van der Waals surface area contributed by atoms with Gasteiger partial charge in [0.05, 0.1) is 4.88 Å². The smallest absolute Gasteiger partial charge is 0.265 e. The first-order valence-electron chi connectivity index (χ1n) is 7.64. The summed E-state index contributed by atoms with van der Waals surface area (Å²) < 4.78 is 1.00. The maximum atomic E-state index is 12.7. The first-order valence-corrected chi connectivity index (χ1v) is 10.6. The second kappa shape index (κ2) is 6.80. The molecule has 0 unspecified atom stereocenters. The van der Waals surface area contributed by atoms with Crippen LogP contribution < -0.4 is 5.32 Å². The van der Waals surface area contributed by atoms with Gasteiger partial charge in [0, 0.05) is 36.3 Å². The van der Waals surface area contributed by atoms with E-state index in [9.17, 15) is 4.79 Å². The molecular formula is C19H13BrClNOS2. The van der Waals surface area contributed by atoms with Crippen LogP contribution in [0.15, 0.2) is 51.8 Å². The highest BCUT2D eigenvalue weighted by Gasteiger charge is 2.22. The van der Waals surface area contributed by atoms with E-state index in [1.54, 1.807) is 23.1 Å². The summed E-state index contributed by atoms with van der Waals surface area (Å²) in [6.07, 6.45) is 0. The van der Waals surface area contributed by atoms with Gasteiger partial charge < -0.3 is 5.32 Å². The molecule has 1 N–H and O–H groups in total. The summed E-state index contributed by atoms with van der Waals surface area (Å²) in [5.74, 6) is 0.800. The van der Waals surface area contributed by atoms with Gasteiger partial charge in [-0.15, -0.1) is 23.1 Å². The predicted octanol–water partition coefficient (Wildman–Crippen LogP) is 7.00. The van der Waals surface area contributed by atoms with Crippen molar-refractivity contribution in [1.29, 1.82) is 0 Å². The fourth-order valence-electron chi connectivity index (χ4n) is 2.79. The zero-order valence-electron chi connectivity index (χ0n) is 13.2. The molecule has 1 aliphatic heterocycles. The van der Waals surface area contributed by atoms with Gasteiger partial charge in [-0.2, -0.15) is 0 Å². The molecule has 0 radical (unpaired) electrons. The van der Waals surface area contributed by atoms with Crippen LogP contribution in [0.5, 0.6) is 0 Å². The number of aryl methyl sites for hydroxylation is 1. The Bertz CT molecular complexity index is 999. The van der Waals surface area contributed by atoms with Crippen LogP contribution in [0.2, 0.25) is 5.02 Å². The average Bonchev–Trinajstić information content (AvgIpc) is 3.01. The fourth-order valence-corrected chi connectivity index (χ4v) is 5.84. The lowest BCUT2D eigenvalue weighted by atomic mass is 10.1. The van der Waals surface area contributed by atoms with Gasteiger partial charge >= 0.3 is 0 Å². The van der Waals surface area contributed by atoms with E-state index in [2.05, 4.69) is 21.2 Å². The van der Waals surface area contributed by atoms with Crippen LogP contribution in [-0.2, 0) is 5.75 Å². The first-order chi connectivity index (χ1) is 12.0. The van der Waals surface area contributed by atoms with E-state index in [4.69, 9.17) is 11.6 Å². The number of thiophene rings is 1. The molecule has 0 fully saturated rings. The Kier molecular flexibility index (Phi) is 4.67. The minimum atomic E-state index is -0.0645. The van der Waals surface area contributed by atoms with Gasteiger partial charge in [0.1, 0.15) is 0 Å². The third-order valence-corrected chi connectivity index (χ3v) is 7.08. The van der Waals surface area contributed by atoms with Gasteiger partial charge in [0.25, 0.3) is 5.91 Å². The van der Waals surface area contributed by atoms with E-state index in [1.165, 1.54) is 20.9 Å². The standard InChI is InChI=1S/C19H13BrClNOS2/c1-10-6-12(20)2-5-15(10)22-19(23)17-7-11-9-24-16-8-13(21)3-4-14(16)18(11)25-17/h2-8H,9H2,1H3,(H,22,23). The molecule has 0 bridgehead atoms. The summed E-state index contributed by atoms with van der Waals surface area (Å²) in [5.41, 5.74) is 4.24. The number of amides is 1. The van der Waals surface area contributed by atoms with Gasteiger partial charge in [0.15, 0.2) is 0 Å². The normalized spacial score (nSPS) is 12.4. The molecular weight excluding hydrogens is 438 g/mol. The number of rotatable bonds is 2. The zero-order chi connectivity index (χ0) is 17.6. The van der Waals surface area contributed by atoms with Gasteiger partial charge in [-0.3, -0.25) is 4.79 Å². The number of thioether (sulfide) groups is 1. The van der Waals surface area contributed by atoms with Crippen LogP contribution in [0.1, 0.15) is 20.8 Å². The number of anilines is 1. The fraction of sp³-hybridized carbons (Fsp3) is 0.105. The Balaban J connectivity index is 1.65. The maximum absolute atomic E-state index is 12.7. The summed E-state index contributed by atoms with van der Waals surface area (Å²) in [6, 6.07) is 13.8. The van der Waals surface area contributed by atoms with E-state index in [0.29, 0.717) is 0 Å². The van der Waals surface area contributed by atoms with Crippen molar-refractivity contribution < 1.29 is 4.79 Å². The highest BCUT2D eigenvalue weighted by molar-refractivity contribution is 9.10. The van der Waals surface area contributed by atoms with Crippen molar-refractivity contribution in [3.63, 3.8) is 0 Å². The molecule has 1 aliphatic rings. The van der Waals surface area contributed by atoms with Crippen molar-refractivity contribution >= 4 is 62.2 Å². The average molecular weight is 451 g/mol. The number of carbonyl (C=O) groups excluding carboxylic acids is 1. The molecule has 0 spiro atoms. The monoisotopic (exact) mass is 449 g/mol. The zero-order valence-corrected chi connectivity index (χ0v) is 17.2. The Morgan fingerprint density at radius 3 is 2.84 bits per heavy atom. The number of halogens is 2. The highest BCUT2D eigenvalue weighted by atomic mass is 79.9. The van der Waals surface area contributed by atoms with Gasteiger partial charge in [-0.1, -0.05) is 33.6 Å². The second-order valence-electron chi connectivity index (χ2n) is 5.81. The minimum Gasteiger partial charge on any atom is -0.321 e. The molecule has 2 aromatic carbocycles. The lowest BCUT2D eigenvalue weighted by Crippen LogP contribution is -2.11. The van der Waals surface area contributed by atoms with Crippen LogP contribution in [0.25, 0.3) is 10.4 Å². The lowest BCUT2D eigenvalue weighted by molar-refractivity contribution is 0.103. The van der Waals surface area contributed by atoms with Gasteiger partial charge in [-0.25, -0.2) is 0 Å². The summed E-state index contributed by atoms with van der Waals surface area (Å²) in [7, 11) is 0. The third-order valence-electron chi connectivity index (χ3n) is 4.04. The van der Waals surface area contributed by atoms with E-state index in [0.717, 1.165) is 31.4 Å². The second-order valence-corrected chi connectivity index (χ2v) is 9.23. The van der Waals surface area contributed by atoms with Crippen molar-refractivity contribution in [2.45, 2.75) is 17.6 Å². The maximum Gasteiger partial charge on any atom is 0.265 e. The molecule has 1 aromatic heterocycles. The number of carbonyl (C=O) groups is 1. The summed E-state index contributed by atoms with van der Waals surface area (Å²) in [5, 5.41) is 3.76. The molecule has 2 nitrogen and oxygen atoms in total. The number of hydrogen-bond acceptors (Lipinski definition) is 3. The van der Waals surface area contributed by atoms with Gasteiger partial charge in [0.2, 0.25) is 0 Å². The van der Waals surface area contributed by atoms with E-state index in [-0.39, 0.29) is 5.91 Å². The molecule has 0 saturated heterocycles. The van der Waals surface area contributed by atoms with Crippen LogP contribution in [-0.4, -0.2) is 5.91 Å². The van der Waals surface area contributed by atoms with Crippen molar-refractivity contribution in [3.05, 3.63) is 68.0 Å². The van der Waals surface area contributed by atoms with Crippen LogP contribution in [0.4, 0.5) is 5.69 Å². The SMILES string of the molecule is Cc1cc(Br)ccc1NC(=O)c1cc2c(s1)-c1ccc(Cl)cc1SC2. The molecule has 4 rings (SSSR count). The number of nitrogens with one attached hydrogen (secondary N) is 1. The van der Waals surface area contributed by atoms with Gasteiger partial charge in [-0.05, 0) is 54.4 Å². The summed E-state index contributed by atoms with van der Waals surface area (Å²) in [4.78, 5) is 15.8. The first kappa shape index (κ1) is 17.2. The highest BCUT2D eigenvalue weighted by Crippen LogP contribution is 2.46. The quantitative estimate of drug-likeness (QED) is 0.455. The molecule has 25 heavy (non-hydrogen) atoms. The molecule has 0 atom stereocenters. The predicted molar refractivity (Wildman–Crippen MR) is 111 cm³/mol. The third kappa shape index (κ3) is 3.38. The number of fused-ring (bicyclic) bond motifs is 3. The summed E-state index contributed by atoms with van der Waals surface area (Å²) in [6.45, 7) is 1.98. The minimum absolute atomic E-state index is 0.0645. The number of hydrogen-bond donors (Lipinski definition) is 1. The molecule has 1 amide bonds. The molecule has 2 heterocycles. The molecule has 126 valence electrons. The van der Waals surface area contributed by atoms with Crippen molar-refractivity contribution in [2.75, 3.05) is 5.32 Å². The molecule has 0 aliphatic carbocycles. The van der Waals surface area contributed by atoms with E-state index in [1.807, 2.05) is 49.4 Å². The Morgan fingerprint density at radius 1 is 1.20 bits per heavy atom. The van der Waals surface area contributed by atoms with Crippen LogP contribution in [0.3, 0.4) is 0 Å². The summed E-state index contributed by atoms with van der Waals surface area (Å²) >= 11 is 12.8. The Hall–Kier alpha value is -1.27. The van der Waals surface area contributed by atoms with Crippen LogP contribution >= 0.6 is 50.6 Å². The lowest BCUT2D eigenvalue weighted by Gasteiger charge is -2.15. The Morgan fingerprint density at radius 2 is 2.04 bits per heavy atom. The molecule has 6 heteroatoms. The van der Waals surface area contributed by atoms with E-state index >= 15 is 0 Å². The van der Waals surface area contributed by atoms with Crippen molar-refractivity contribution in [2.24, 2.45) is 0 Å². The van der Waals surface area contributed by atoms with Crippen molar-refractivity contribution in [1.82, 2.24) is 0 Å². The van der Waals surface area contributed by atoms with Crippen molar-refractivity contribution in [3.8, 4) is 10.4 Å².